The number of hydrogen-bond acceptors (Lipinski definition) is 3. The molecule has 2 aromatic carbocycles. The van der Waals surface area contributed by atoms with Crippen LogP contribution in [0.4, 0.5) is 4.39 Å². The number of nitrogens with one attached hydrogen (secondary N) is 2. The Labute approximate surface area is 156 Å². The molecule has 26 heavy (non-hydrogen) atoms. The number of hydrogen-bond donors (Lipinski definition) is 2. The lowest BCUT2D eigenvalue weighted by Crippen LogP contribution is -2.28. The maximum Gasteiger partial charge on any atom is 0.272 e. The van der Waals surface area contributed by atoms with Crippen molar-refractivity contribution in [3.05, 3.63) is 70.0 Å². The van der Waals surface area contributed by atoms with E-state index in [4.69, 9.17) is 11.6 Å². The van der Waals surface area contributed by atoms with Gasteiger partial charge in [0.05, 0.1) is 17.3 Å². The van der Waals surface area contributed by atoms with Crippen LogP contribution < -0.4 is 10.7 Å². The average molecular weight is 376 g/mol. The van der Waals surface area contributed by atoms with E-state index in [1.54, 1.807) is 12.1 Å². The second-order valence-corrected chi connectivity index (χ2v) is 5.96. The predicted molar refractivity (Wildman–Crippen MR) is 100 cm³/mol. The Morgan fingerprint density at radius 2 is 1.92 bits per heavy atom. The summed E-state index contributed by atoms with van der Waals surface area (Å²) in [6.07, 6.45) is 2.98. The number of benzene rings is 2. The molecule has 0 atom stereocenters. The Morgan fingerprint density at radius 3 is 2.65 bits per heavy atom. The van der Waals surface area contributed by atoms with Gasteiger partial charge < -0.3 is 5.32 Å². The molecule has 0 bridgehead atoms. The van der Waals surface area contributed by atoms with Crippen LogP contribution in [0.25, 0.3) is 0 Å². The summed E-state index contributed by atoms with van der Waals surface area (Å²) >= 11 is 5.94. The molecule has 0 aliphatic rings. The molecule has 0 aliphatic heterocycles. The number of rotatable bonds is 7. The van der Waals surface area contributed by atoms with Crippen LogP contribution in [0.2, 0.25) is 5.02 Å². The SMILES string of the molecule is CCCCNC(=O)c1ccc(Cl)cc1C(=O)NN=Cc1ccccc1F. The van der Waals surface area contributed by atoms with E-state index in [0.717, 1.165) is 12.8 Å². The highest BCUT2D eigenvalue weighted by atomic mass is 35.5. The van der Waals surface area contributed by atoms with Crippen LogP contribution in [0.1, 0.15) is 46.0 Å². The summed E-state index contributed by atoms with van der Waals surface area (Å²) in [4.78, 5) is 24.6. The van der Waals surface area contributed by atoms with Crippen molar-refractivity contribution in [1.29, 1.82) is 0 Å². The molecule has 136 valence electrons. The first-order chi connectivity index (χ1) is 12.5. The standard InChI is InChI=1S/C19H19ClFN3O2/c1-2-3-10-22-18(25)15-9-8-14(20)11-16(15)19(26)24-23-12-13-6-4-5-7-17(13)21/h4-9,11-12H,2-3,10H2,1H3,(H,22,25)(H,24,26). The monoisotopic (exact) mass is 375 g/mol. The number of halogens is 2. The zero-order chi connectivity index (χ0) is 18.9. The summed E-state index contributed by atoms with van der Waals surface area (Å²) in [7, 11) is 0. The van der Waals surface area contributed by atoms with E-state index in [-0.39, 0.29) is 22.6 Å². The van der Waals surface area contributed by atoms with Crippen LogP contribution >= 0.6 is 11.6 Å². The average Bonchev–Trinajstić information content (AvgIpc) is 2.63. The summed E-state index contributed by atoms with van der Waals surface area (Å²) in [5, 5.41) is 6.82. The molecule has 0 aliphatic carbocycles. The minimum Gasteiger partial charge on any atom is -0.352 e. The highest BCUT2D eigenvalue weighted by Crippen LogP contribution is 2.16. The van der Waals surface area contributed by atoms with Gasteiger partial charge in [-0.1, -0.05) is 43.1 Å². The molecule has 0 fully saturated rings. The number of hydrazone groups is 1. The summed E-state index contributed by atoms with van der Waals surface area (Å²) in [6.45, 7) is 2.53. The Hall–Kier alpha value is -2.73. The molecule has 0 radical (unpaired) electrons. The number of nitrogens with zero attached hydrogens (tertiary/aromatic N) is 1. The van der Waals surface area contributed by atoms with E-state index < -0.39 is 11.7 Å². The minimum atomic E-state index is -0.610. The van der Waals surface area contributed by atoms with E-state index in [1.165, 1.54) is 36.5 Å². The molecule has 5 nitrogen and oxygen atoms in total. The fourth-order valence-electron chi connectivity index (χ4n) is 2.18. The van der Waals surface area contributed by atoms with Gasteiger partial charge in [-0.05, 0) is 30.7 Å². The third-order valence-corrected chi connectivity index (χ3v) is 3.80. The van der Waals surface area contributed by atoms with Crippen LogP contribution in [-0.4, -0.2) is 24.6 Å². The van der Waals surface area contributed by atoms with E-state index in [1.807, 2.05) is 6.92 Å². The van der Waals surface area contributed by atoms with Crippen molar-refractivity contribution in [2.75, 3.05) is 6.54 Å². The van der Waals surface area contributed by atoms with Gasteiger partial charge >= 0.3 is 0 Å². The Bertz CT molecular complexity index is 824. The number of amides is 2. The van der Waals surface area contributed by atoms with Crippen LogP contribution in [0.15, 0.2) is 47.6 Å². The van der Waals surface area contributed by atoms with Crippen molar-refractivity contribution in [2.45, 2.75) is 19.8 Å². The normalized spacial score (nSPS) is 10.7. The van der Waals surface area contributed by atoms with Crippen LogP contribution in [0.3, 0.4) is 0 Å². The van der Waals surface area contributed by atoms with E-state index in [2.05, 4.69) is 15.8 Å². The second kappa shape index (κ2) is 9.68. The molecule has 2 aromatic rings. The summed E-state index contributed by atoms with van der Waals surface area (Å²) < 4.78 is 13.5. The van der Waals surface area contributed by atoms with Crippen molar-refractivity contribution in [3.63, 3.8) is 0 Å². The van der Waals surface area contributed by atoms with Crippen molar-refractivity contribution >= 4 is 29.6 Å². The molecule has 2 N–H and O–H groups in total. The first kappa shape index (κ1) is 19.6. The third kappa shape index (κ3) is 5.39. The number of carbonyl (C=O) groups is 2. The summed E-state index contributed by atoms with van der Waals surface area (Å²) in [6, 6.07) is 10.4. The van der Waals surface area contributed by atoms with Gasteiger partial charge in [0, 0.05) is 17.1 Å². The first-order valence-electron chi connectivity index (χ1n) is 8.18. The summed E-state index contributed by atoms with van der Waals surface area (Å²) in [5.74, 6) is -1.43. The molecule has 0 saturated carbocycles. The van der Waals surface area contributed by atoms with Crippen LogP contribution in [0, 0.1) is 5.82 Å². The van der Waals surface area contributed by atoms with Gasteiger partial charge in [-0.25, -0.2) is 9.82 Å². The minimum absolute atomic E-state index is 0.0946. The fourth-order valence-corrected chi connectivity index (χ4v) is 2.35. The van der Waals surface area contributed by atoms with E-state index in [9.17, 15) is 14.0 Å². The molecule has 7 heteroatoms. The van der Waals surface area contributed by atoms with Gasteiger partial charge in [-0.2, -0.15) is 5.10 Å². The van der Waals surface area contributed by atoms with Gasteiger partial charge in [-0.3, -0.25) is 9.59 Å². The lowest BCUT2D eigenvalue weighted by molar-refractivity contribution is 0.0920. The zero-order valence-electron chi connectivity index (χ0n) is 14.3. The molecule has 0 aromatic heterocycles. The Kier molecular flexibility index (Phi) is 7.29. The third-order valence-electron chi connectivity index (χ3n) is 3.56. The van der Waals surface area contributed by atoms with Crippen molar-refractivity contribution < 1.29 is 14.0 Å². The molecular weight excluding hydrogens is 357 g/mol. The Balaban J connectivity index is 2.13. The molecule has 0 spiro atoms. The molecule has 0 saturated heterocycles. The topological polar surface area (TPSA) is 70.6 Å². The van der Waals surface area contributed by atoms with E-state index >= 15 is 0 Å². The highest BCUT2D eigenvalue weighted by molar-refractivity contribution is 6.31. The van der Waals surface area contributed by atoms with Gasteiger partial charge in [0.1, 0.15) is 5.82 Å². The zero-order valence-corrected chi connectivity index (χ0v) is 15.0. The van der Waals surface area contributed by atoms with Crippen molar-refractivity contribution in [1.82, 2.24) is 10.7 Å². The predicted octanol–water partition coefficient (Wildman–Crippen LogP) is 3.77. The summed E-state index contributed by atoms with van der Waals surface area (Å²) in [5.41, 5.74) is 2.82. The molecule has 0 heterocycles. The molecule has 2 amide bonds. The Morgan fingerprint density at radius 1 is 1.15 bits per heavy atom. The highest BCUT2D eigenvalue weighted by Gasteiger charge is 2.17. The van der Waals surface area contributed by atoms with Gasteiger partial charge in [-0.15, -0.1) is 0 Å². The van der Waals surface area contributed by atoms with Gasteiger partial charge in [0.2, 0.25) is 0 Å². The molecule has 2 rings (SSSR count). The maximum absolute atomic E-state index is 13.5. The van der Waals surface area contributed by atoms with Gasteiger partial charge in [0.25, 0.3) is 11.8 Å². The van der Waals surface area contributed by atoms with Crippen molar-refractivity contribution in [2.24, 2.45) is 5.10 Å². The lowest BCUT2D eigenvalue weighted by atomic mass is 10.1. The lowest BCUT2D eigenvalue weighted by Gasteiger charge is -2.09. The second-order valence-electron chi connectivity index (χ2n) is 5.52. The maximum atomic E-state index is 13.5. The van der Waals surface area contributed by atoms with Crippen LogP contribution in [-0.2, 0) is 0 Å². The number of carbonyl (C=O) groups excluding carboxylic acids is 2. The van der Waals surface area contributed by atoms with Crippen LogP contribution in [0.5, 0.6) is 0 Å². The van der Waals surface area contributed by atoms with Crippen molar-refractivity contribution in [3.8, 4) is 0 Å². The largest absolute Gasteiger partial charge is 0.352 e. The van der Waals surface area contributed by atoms with Gasteiger partial charge in [0.15, 0.2) is 0 Å². The number of unbranched alkanes of at least 4 members (excludes halogenated alkanes) is 1. The smallest absolute Gasteiger partial charge is 0.272 e. The fraction of sp³-hybridized carbons (Fsp3) is 0.211. The molecule has 0 unspecified atom stereocenters. The molecular formula is C19H19ClFN3O2. The quantitative estimate of drug-likeness (QED) is 0.439. The first-order valence-corrected chi connectivity index (χ1v) is 8.56. The van der Waals surface area contributed by atoms with E-state index in [0.29, 0.717) is 11.6 Å².